The molecule has 1 aromatic carbocycles. The van der Waals surface area contributed by atoms with Crippen LogP contribution in [0.1, 0.15) is 18.9 Å². The van der Waals surface area contributed by atoms with Gasteiger partial charge in [-0.3, -0.25) is 0 Å². The summed E-state index contributed by atoms with van der Waals surface area (Å²) >= 11 is 0. The van der Waals surface area contributed by atoms with E-state index in [0.29, 0.717) is 25.9 Å². The van der Waals surface area contributed by atoms with Crippen LogP contribution in [0.25, 0.3) is 10.9 Å². The number of carbonyl (C=O) groups is 1. The van der Waals surface area contributed by atoms with Crippen molar-refractivity contribution in [3.63, 3.8) is 0 Å². The van der Waals surface area contributed by atoms with E-state index in [-0.39, 0.29) is 24.1 Å². The summed E-state index contributed by atoms with van der Waals surface area (Å²) in [5, 5.41) is 6.19. The number of rotatable bonds is 9. The molecule has 0 saturated heterocycles. The largest absolute Gasteiger partial charge is 0.361 e. The summed E-state index contributed by atoms with van der Waals surface area (Å²) in [6.07, 6.45) is 2.89. The zero-order valence-electron chi connectivity index (χ0n) is 14.1. The Hall–Kier alpha value is -2.13. The lowest BCUT2D eigenvalue weighted by Gasteiger charge is -2.08. The van der Waals surface area contributed by atoms with E-state index >= 15 is 0 Å². The smallest absolute Gasteiger partial charge is 0.314 e. The Morgan fingerprint density at radius 3 is 2.72 bits per heavy atom. The maximum absolute atomic E-state index is 13.3. The maximum atomic E-state index is 13.3. The Morgan fingerprint density at radius 2 is 1.96 bits per heavy atom. The molecule has 0 aliphatic carbocycles. The number of sulfonamides is 1. The van der Waals surface area contributed by atoms with Crippen molar-refractivity contribution in [1.29, 1.82) is 0 Å². The molecule has 25 heavy (non-hydrogen) atoms. The van der Waals surface area contributed by atoms with Gasteiger partial charge < -0.3 is 15.6 Å². The number of fused-ring (bicyclic) bond motifs is 1. The molecular weight excluding hydrogens is 347 g/mol. The van der Waals surface area contributed by atoms with Crippen LogP contribution < -0.4 is 15.4 Å². The number of amides is 2. The van der Waals surface area contributed by atoms with Gasteiger partial charge in [0.2, 0.25) is 10.0 Å². The van der Waals surface area contributed by atoms with Crippen molar-refractivity contribution in [3.05, 3.63) is 35.8 Å². The molecule has 0 saturated carbocycles. The summed E-state index contributed by atoms with van der Waals surface area (Å²) in [7, 11) is -3.19. The third kappa shape index (κ3) is 6.02. The first-order valence-corrected chi connectivity index (χ1v) is 9.81. The van der Waals surface area contributed by atoms with Crippen LogP contribution in [0.3, 0.4) is 0 Å². The molecule has 4 N–H and O–H groups in total. The molecule has 2 aromatic rings. The Kier molecular flexibility index (Phi) is 6.77. The second-order valence-electron chi connectivity index (χ2n) is 5.59. The highest BCUT2D eigenvalue weighted by Gasteiger charge is 2.07. The van der Waals surface area contributed by atoms with Crippen molar-refractivity contribution in [2.45, 2.75) is 19.8 Å². The number of hydrogen-bond donors (Lipinski definition) is 4. The molecule has 0 radical (unpaired) electrons. The lowest BCUT2D eigenvalue weighted by Crippen LogP contribution is -2.38. The van der Waals surface area contributed by atoms with Crippen LogP contribution in [-0.2, 0) is 16.4 Å². The quantitative estimate of drug-likeness (QED) is 0.503. The van der Waals surface area contributed by atoms with Crippen molar-refractivity contribution in [3.8, 4) is 0 Å². The van der Waals surface area contributed by atoms with E-state index < -0.39 is 10.0 Å². The highest BCUT2D eigenvalue weighted by Crippen LogP contribution is 2.19. The predicted octanol–water partition coefficient (Wildman–Crippen LogP) is 1.48. The fraction of sp³-hybridized carbons (Fsp3) is 0.438. The molecule has 0 aliphatic rings. The van der Waals surface area contributed by atoms with Crippen molar-refractivity contribution >= 4 is 27.0 Å². The molecule has 0 atom stereocenters. The average Bonchev–Trinajstić information content (AvgIpc) is 2.97. The number of benzene rings is 1. The van der Waals surface area contributed by atoms with Gasteiger partial charge in [-0.05, 0) is 43.5 Å². The summed E-state index contributed by atoms with van der Waals surface area (Å²) in [5.74, 6) is -0.253. The van der Waals surface area contributed by atoms with Crippen molar-refractivity contribution in [2.75, 3.05) is 25.4 Å². The summed E-state index contributed by atoms with van der Waals surface area (Å²) in [6, 6.07) is 4.23. The Labute approximate surface area is 146 Å². The minimum Gasteiger partial charge on any atom is -0.361 e. The van der Waals surface area contributed by atoms with Crippen LogP contribution in [-0.4, -0.2) is 44.8 Å². The van der Waals surface area contributed by atoms with Gasteiger partial charge in [0, 0.05) is 36.7 Å². The van der Waals surface area contributed by atoms with E-state index in [0.717, 1.165) is 16.5 Å². The Morgan fingerprint density at radius 1 is 1.20 bits per heavy atom. The molecule has 7 nitrogen and oxygen atoms in total. The van der Waals surface area contributed by atoms with Crippen LogP contribution in [0.15, 0.2) is 24.4 Å². The number of aromatic nitrogens is 1. The number of urea groups is 1. The highest BCUT2D eigenvalue weighted by molar-refractivity contribution is 7.89. The highest BCUT2D eigenvalue weighted by atomic mass is 32.2. The van der Waals surface area contributed by atoms with E-state index in [4.69, 9.17) is 0 Å². The van der Waals surface area contributed by atoms with Crippen molar-refractivity contribution in [2.24, 2.45) is 0 Å². The molecule has 0 spiro atoms. The first-order chi connectivity index (χ1) is 11.9. The summed E-state index contributed by atoms with van der Waals surface area (Å²) < 4.78 is 38.2. The molecule has 0 fully saturated rings. The lowest BCUT2D eigenvalue weighted by atomic mass is 10.1. The maximum Gasteiger partial charge on any atom is 0.314 e. The third-order valence-electron chi connectivity index (χ3n) is 3.75. The number of H-pyrrole nitrogens is 1. The van der Waals surface area contributed by atoms with Gasteiger partial charge in [0.25, 0.3) is 0 Å². The summed E-state index contributed by atoms with van der Waals surface area (Å²) in [4.78, 5) is 14.7. The van der Waals surface area contributed by atoms with Gasteiger partial charge in [-0.2, -0.15) is 0 Å². The molecule has 0 bridgehead atoms. The van der Waals surface area contributed by atoms with Gasteiger partial charge in [0.1, 0.15) is 5.82 Å². The topological polar surface area (TPSA) is 103 Å². The fourth-order valence-electron chi connectivity index (χ4n) is 2.35. The molecule has 0 aliphatic heterocycles. The SMILES string of the molecule is CCS(=O)(=O)NCCCNC(=O)NCCc1c[nH]c2ccc(F)cc12. The van der Waals surface area contributed by atoms with E-state index in [9.17, 15) is 17.6 Å². The van der Waals surface area contributed by atoms with Crippen LogP contribution in [0.4, 0.5) is 9.18 Å². The van der Waals surface area contributed by atoms with Crippen molar-refractivity contribution in [1.82, 2.24) is 20.3 Å². The molecule has 1 heterocycles. The lowest BCUT2D eigenvalue weighted by molar-refractivity contribution is 0.241. The van der Waals surface area contributed by atoms with Gasteiger partial charge in [-0.25, -0.2) is 22.3 Å². The van der Waals surface area contributed by atoms with Gasteiger partial charge in [0.05, 0.1) is 5.75 Å². The monoisotopic (exact) mass is 370 g/mol. The van der Waals surface area contributed by atoms with Crippen LogP contribution in [0.2, 0.25) is 0 Å². The Balaban J connectivity index is 1.66. The molecule has 2 amide bonds. The number of aromatic amines is 1. The number of hydrogen-bond acceptors (Lipinski definition) is 3. The van der Waals surface area contributed by atoms with Crippen LogP contribution in [0, 0.1) is 5.82 Å². The molecule has 138 valence electrons. The van der Waals surface area contributed by atoms with E-state index in [1.165, 1.54) is 12.1 Å². The number of carbonyl (C=O) groups excluding carboxylic acids is 1. The minimum atomic E-state index is -3.19. The predicted molar refractivity (Wildman–Crippen MR) is 95.4 cm³/mol. The van der Waals surface area contributed by atoms with Gasteiger partial charge in [-0.15, -0.1) is 0 Å². The van der Waals surface area contributed by atoms with Crippen molar-refractivity contribution < 1.29 is 17.6 Å². The zero-order chi connectivity index (χ0) is 18.3. The first kappa shape index (κ1) is 19.2. The van der Waals surface area contributed by atoms with Crippen LogP contribution in [0.5, 0.6) is 0 Å². The van der Waals surface area contributed by atoms with E-state index in [1.807, 2.05) is 6.20 Å². The second-order valence-corrected chi connectivity index (χ2v) is 7.68. The summed E-state index contributed by atoms with van der Waals surface area (Å²) in [6.45, 7) is 2.64. The van der Waals surface area contributed by atoms with E-state index in [1.54, 1.807) is 13.0 Å². The second kappa shape index (κ2) is 8.82. The van der Waals surface area contributed by atoms with Gasteiger partial charge in [-0.1, -0.05) is 0 Å². The third-order valence-corrected chi connectivity index (χ3v) is 5.15. The molecule has 0 unspecified atom stereocenters. The fourth-order valence-corrected chi connectivity index (χ4v) is 3.01. The van der Waals surface area contributed by atoms with Gasteiger partial charge in [0.15, 0.2) is 0 Å². The van der Waals surface area contributed by atoms with Gasteiger partial charge >= 0.3 is 6.03 Å². The normalized spacial score (nSPS) is 11.6. The van der Waals surface area contributed by atoms with Crippen LogP contribution >= 0.6 is 0 Å². The number of nitrogens with one attached hydrogen (secondary N) is 4. The first-order valence-electron chi connectivity index (χ1n) is 8.16. The summed E-state index contributed by atoms with van der Waals surface area (Å²) in [5.41, 5.74) is 1.79. The number of halogens is 1. The zero-order valence-corrected chi connectivity index (χ0v) is 14.9. The standard InChI is InChI=1S/C16H23FN4O3S/c1-2-25(23,24)21-8-3-7-18-16(22)19-9-6-12-11-20-15-5-4-13(17)10-14(12)15/h4-5,10-11,20-21H,2-3,6-9H2,1H3,(H2,18,19,22). The average molecular weight is 370 g/mol. The Bertz CT molecular complexity index is 820. The molecular formula is C16H23FN4O3S. The minimum absolute atomic E-state index is 0.0403. The molecule has 2 rings (SSSR count). The molecule has 9 heteroatoms. The molecule has 1 aromatic heterocycles. The van der Waals surface area contributed by atoms with E-state index in [2.05, 4.69) is 20.3 Å².